The third-order valence-corrected chi connectivity index (χ3v) is 5.15. The van der Waals surface area contributed by atoms with Gasteiger partial charge in [0.2, 0.25) is 0 Å². The SMILES string of the molecule is CC1(C)C2CCC1(Cn1ccnc1)C(=O)C2.F[B-](F)(F)F. The molecule has 0 spiro atoms. The fraction of sp³-hybridized carbons (Fsp3) is 0.692. The lowest BCUT2D eigenvalue weighted by atomic mass is 9.69. The molecule has 2 atom stereocenters. The topological polar surface area (TPSA) is 34.9 Å². The molecular weight excluding hydrogens is 287 g/mol. The monoisotopic (exact) mass is 305 g/mol. The third-order valence-electron chi connectivity index (χ3n) is 5.15. The van der Waals surface area contributed by atoms with Gasteiger partial charge in [-0.3, -0.25) is 4.79 Å². The molecule has 2 fully saturated rings. The van der Waals surface area contributed by atoms with Gasteiger partial charge in [0.05, 0.1) is 11.7 Å². The van der Waals surface area contributed by atoms with Crippen molar-refractivity contribution >= 4 is 13.0 Å². The summed E-state index contributed by atoms with van der Waals surface area (Å²) in [5.74, 6) is 1.07. The highest BCUT2D eigenvalue weighted by atomic mass is 19.5. The van der Waals surface area contributed by atoms with E-state index < -0.39 is 7.25 Å². The number of carbonyl (C=O) groups is 1. The van der Waals surface area contributed by atoms with Gasteiger partial charge in [-0.25, -0.2) is 4.98 Å². The maximum atomic E-state index is 12.3. The molecule has 2 saturated carbocycles. The first-order valence-corrected chi connectivity index (χ1v) is 6.93. The number of hydrogen-bond acceptors (Lipinski definition) is 2. The van der Waals surface area contributed by atoms with Crippen molar-refractivity contribution < 1.29 is 22.1 Å². The number of hydrogen-bond donors (Lipinski definition) is 0. The van der Waals surface area contributed by atoms with Crippen molar-refractivity contribution in [2.75, 3.05) is 0 Å². The Bertz CT molecular complexity index is 509. The van der Waals surface area contributed by atoms with Crippen molar-refractivity contribution in [3.63, 3.8) is 0 Å². The van der Waals surface area contributed by atoms with E-state index >= 15 is 0 Å². The Labute approximate surface area is 120 Å². The van der Waals surface area contributed by atoms with Crippen molar-refractivity contribution in [3.8, 4) is 0 Å². The Morgan fingerprint density at radius 3 is 2.38 bits per heavy atom. The van der Waals surface area contributed by atoms with E-state index in [1.807, 2.05) is 12.5 Å². The zero-order valence-electron chi connectivity index (χ0n) is 12.0. The maximum absolute atomic E-state index is 12.3. The van der Waals surface area contributed by atoms with E-state index in [2.05, 4.69) is 23.4 Å². The first-order valence-electron chi connectivity index (χ1n) is 6.93. The Kier molecular flexibility index (Phi) is 3.93. The van der Waals surface area contributed by atoms with Gasteiger partial charge in [-0.2, -0.15) is 0 Å². The van der Waals surface area contributed by atoms with Gasteiger partial charge < -0.3 is 21.8 Å². The second kappa shape index (κ2) is 5.14. The highest BCUT2D eigenvalue weighted by Gasteiger charge is 2.63. The fourth-order valence-corrected chi connectivity index (χ4v) is 3.83. The van der Waals surface area contributed by atoms with Crippen molar-refractivity contribution in [1.29, 1.82) is 0 Å². The molecule has 1 aromatic rings. The van der Waals surface area contributed by atoms with Gasteiger partial charge >= 0.3 is 7.25 Å². The standard InChI is InChI=1S/C13H18N2O.BF4/c1-12(2)10-3-4-13(12,11(16)7-10)8-15-6-5-14-9-15;2-1(3,4)5/h5-6,9-10H,3-4,7-8H2,1-2H3;/q;-1. The van der Waals surface area contributed by atoms with Crippen LogP contribution in [0.25, 0.3) is 0 Å². The van der Waals surface area contributed by atoms with Gasteiger partial charge in [-0.15, -0.1) is 0 Å². The van der Waals surface area contributed by atoms with Gasteiger partial charge in [0.1, 0.15) is 5.78 Å². The minimum absolute atomic E-state index is 0.127. The van der Waals surface area contributed by atoms with Crippen LogP contribution in [0.15, 0.2) is 18.7 Å². The molecule has 0 amide bonds. The smallest absolute Gasteiger partial charge is 0.418 e. The summed E-state index contributed by atoms with van der Waals surface area (Å²) < 4.78 is 41.1. The Balaban J connectivity index is 0.000000282. The number of carbonyl (C=O) groups excluding carboxylic acids is 1. The number of ketones is 1. The molecule has 2 bridgehead atoms. The minimum Gasteiger partial charge on any atom is -0.418 e. The molecule has 1 aromatic heterocycles. The first kappa shape index (κ1) is 16.0. The average Bonchev–Trinajstić information content (AvgIpc) is 2.93. The van der Waals surface area contributed by atoms with E-state index in [0.717, 1.165) is 19.4 Å². The number of imidazole rings is 1. The van der Waals surface area contributed by atoms with E-state index in [9.17, 15) is 22.1 Å². The molecule has 3 rings (SSSR count). The number of halogens is 4. The van der Waals surface area contributed by atoms with Gasteiger partial charge in [0, 0.05) is 25.4 Å². The van der Waals surface area contributed by atoms with Crippen LogP contribution >= 0.6 is 0 Å². The molecule has 118 valence electrons. The maximum Gasteiger partial charge on any atom is 0.673 e. The lowest BCUT2D eigenvalue weighted by molar-refractivity contribution is -0.130. The van der Waals surface area contributed by atoms with Gasteiger partial charge in [0.15, 0.2) is 0 Å². The van der Waals surface area contributed by atoms with Crippen molar-refractivity contribution in [1.82, 2.24) is 9.55 Å². The minimum atomic E-state index is -6.00. The molecule has 0 N–H and O–H groups in total. The van der Waals surface area contributed by atoms with Crippen LogP contribution in [0.5, 0.6) is 0 Å². The quantitative estimate of drug-likeness (QED) is 0.618. The summed E-state index contributed by atoms with van der Waals surface area (Å²) in [6, 6.07) is 0. The van der Waals surface area contributed by atoms with E-state index in [0.29, 0.717) is 11.7 Å². The van der Waals surface area contributed by atoms with Crippen molar-refractivity contribution in [2.24, 2.45) is 16.7 Å². The second-order valence-corrected chi connectivity index (χ2v) is 6.40. The first-order chi connectivity index (χ1) is 9.56. The highest BCUT2D eigenvalue weighted by Crippen LogP contribution is 2.64. The molecule has 0 aliphatic heterocycles. The van der Waals surface area contributed by atoms with Crippen LogP contribution in [0.2, 0.25) is 0 Å². The molecule has 0 aromatic carbocycles. The van der Waals surface area contributed by atoms with Gasteiger partial charge in [-0.1, -0.05) is 13.8 Å². The normalized spacial score (nSPS) is 30.2. The molecular formula is C13H18BF4N2O-. The zero-order chi connectivity index (χ0) is 15.9. The molecule has 0 radical (unpaired) electrons. The fourth-order valence-electron chi connectivity index (χ4n) is 3.83. The molecule has 0 saturated heterocycles. The predicted octanol–water partition coefficient (Wildman–Crippen LogP) is 3.58. The van der Waals surface area contributed by atoms with Crippen LogP contribution in [-0.4, -0.2) is 22.6 Å². The molecule has 1 heterocycles. The molecule has 2 unspecified atom stereocenters. The summed E-state index contributed by atoms with van der Waals surface area (Å²) >= 11 is 0. The Morgan fingerprint density at radius 2 is 2.00 bits per heavy atom. The van der Waals surface area contributed by atoms with Crippen molar-refractivity contribution in [2.45, 2.75) is 39.7 Å². The Hall–Kier alpha value is -1.34. The number of aromatic nitrogens is 2. The van der Waals surface area contributed by atoms with Gasteiger partial charge in [0.25, 0.3) is 0 Å². The van der Waals surface area contributed by atoms with Crippen LogP contribution in [0.1, 0.15) is 33.1 Å². The zero-order valence-corrected chi connectivity index (χ0v) is 12.0. The molecule has 21 heavy (non-hydrogen) atoms. The lowest BCUT2D eigenvalue weighted by Crippen LogP contribution is -2.39. The lowest BCUT2D eigenvalue weighted by Gasteiger charge is -2.36. The van der Waals surface area contributed by atoms with Crippen LogP contribution in [-0.2, 0) is 11.3 Å². The average molecular weight is 305 g/mol. The number of fused-ring (bicyclic) bond motifs is 2. The molecule has 2 aliphatic rings. The number of rotatable bonds is 2. The summed E-state index contributed by atoms with van der Waals surface area (Å²) in [6.07, 6.45) is 8.64. The predicted molar refractivity (Wildman–Crippen MR) is 71.0 cm³/mol. The molecule has 2 aliphatic carbocycles. The van der Waals surface area contributed by atoms with E-state index in [1.54, 1.807) is 6.20 Å². The van der Waals surface area contributed by atoms with E-state index in [-0.39, 0.29) is 10.8 Å². The summed E-state index contributed by atoms with van der Waals surface area (Å²) in [5, 5.41) is 0. The summed E-state index contributed by atoms with van der Waals surface area (Å²) in [7, 11) is -6.00. The summed E-state index contributed by atoms with van der Waals surface area (Å²) in [5.41, 5.74) is 0.0344. The molecule has 8 heteroatoms. The highest BCUT2D eigenvalue weighted by molar-refractivity contribution is 6.50. The van der Waals surface area contributed by atoms with Crippen molar-refractivity contribution in [3.05, 3.63) is 18.7 Å². The van der Waals surface area contributed by atoms with Crippen LogP contribution in [0, 0.1) is 16.7 Å². The Morgan fingerprint density at radius 1 is 1.38 bits per heavy atom. The van der Waals surface area contributed by atoms with Crippen LogP contribution in [0.3, 0.4) is 0 Å². The summed E-state index contributed by atoms with van der Waals surface area (Å²) in [6.45, 7) is 5.36. The second-order valence-electron chi connectivity index (χ2n) is 6.40. The molecule has 3 nitrogen and oxygen atoms in total. The largest absolute Gasteiger partial charge is 0.673 e. The van der Waals surface area contributed by atoms with Gasteiger partial charge in [-0.05, 0) is 24.2 Å². The van der Waals surface area contributed by atoms with Crippen LogP contribution < -0.4 is 0 Å². The number of nitrogens with zero attached hydrogens (tertiary/aromatic N) is 2. The number of Topliss-reactive ketones (excluding diaryl/α,β-unsaturated/α-hetero) is 1. The van der Waals surface area contributed by atoms with E-state index in [1.165, 1.54) is 6.42 Å². The van der Waals surface area contributed by atoms with E-state index in [4.69, 9.17) is 0 Å². The third kappa shape index (κ3) is 2.99. The van der Waals surface area contributed by atoms with Crippen LogP contribution in [0.4, 0.5) is 17.3 Å². The summed E-state index contributed by atoms with van der Waals surface area (Å²) in [4.78, 5) is 16.3.